The zero-order valence-electron chi connectivity index (χ0n) is 9.05. The van der Waals surface area contributed by atoms with Gasteiger partial charge in [-0.15, -0.1) is 0 Å². The first-order valence-corrected chi connectivity index (χ1v) is 4.97. The van der Waals surface area contributed by atoms with Crippen molar-refractivity contribution in [1.29, 1.82) is 0 Å². The van der Waals surface area contributed by atoms with Gasteiger partial charge in [0.25, 0.3) is 0 Å². The number of hydrogen-bond acceptors (Lipinski definition) is 1. The molecule has 13 heavy (non-hydrogen) atoms. The summed E-state index contributed by atoms with van der Waals surface area (Å²) in [7, 11) is 0. The molecule has 0 radical (unpaired) electrons. The van der Waals surface area contributed by atoms with Crippen molar-refractivity contribution in [1.82, 2.24) is 0 Å². The summed E-state index contributed by atoms with van der Waals surface area (Å²) in [6, 6.07) is 0. The molecule has 0 aromatic rings. The van der Waals surface area contributed by atoms with Crippen molar-refractivity contribution in [2.24, 2.45) is 16.7 Å². The Labute approximate surface area is 80.3 Å². The number of carboxylic acids is 1. The fourth-order valence-electron chi connectivity index (χ4n) is 2.83. The van der Waals surface area contributed by atoms with Gasteiger partial charge in [0.2, 0.25) is 0 Å². The molecule has 2 nitrogen and oxygen atoms in total. The lowest BCUT2D eigenvalue weighted by Crippen LogP contribution is -2.40. The molecule has 0 saturated heterocycles. The van der Waals surface area contributed by atoms with Gasteiger partial charge in [0, 0.05) is 0 Å². The van der Waals surface area contributed by atoms with Crippen molar-refractivity contribution in [2.75, 3.05) is 0 Å². The fraction of sp³-hybridized carbons (Fsp3) is 0.909. The zero-order valence-corrected chi connectivity index (χ0v) is 9.05. The van der Waals surface area contributed by atoms with Crippen LogP contribution in [0.2, 0.25) is 0 Å². The van der Waals surface area contributed by atoms with Crippen LogP contribution in [0.25, 0.3) is 0 Å². The van der Waals surface area contributed by atoms with Gasteiger partial charge in [0.05, 0.1) is 5.92 Å². The molecule has 1 fully saturated rings. The predicted molar refractivity (Wildman–Crippen MR) is 52.5 cm³/mol. The summed E-state index contributed by atoms with van der Waals surface area (Å²) in [5.74, 6) is -0.777. The van der Waals surface area contributed by atoms with E-state index in [9.17, 15) is 4.79 Å². The average Bonchev–Trinajstić information content (AvgIpc) is 1.79. The van der Waals surface area contributed by atoms with Crippen LogP contribution in [0.1, 0.15) is 47.0 Å². The largest absolute Gasteiger partial charge is 0.481 e. The van der Waals surface area contributed by atoms with Gasteiger partial charge in [-0.25, -0.2) is 0 Å². The summed E-state index contributed by atoms with van der Waals surface area (Å²) in [4.78, 5) is 11.0. The van der Waals surface area contributed by atoms with Crippen LogP contribution in [-0.2, 0) is 4.79 Å². The minimum absolute atomic E-state index is 0.0480. The van der Waals surface area contributed by atoms with E-state index in [2.05, 4.69) is 27.7 Å². The minimum atomic E-state index is -0.625. The number of aliphatic carboxylic acids is 1. The maximum absolute atomic E-state index is 11.0. The van der Waals surface area contributed by atoms with Crippen molar-refractivity contribution in [3.05, 3.63) is 0 Å². The third-order valence-corrected chi connectivity index (χ3v) is 3.29. The molecule has 1 atom stereocenters. The van der Waals surface area contributed by atoms with Crippen LogP contribution in [0.15, 0.2) is 0 Å². The van der Waals surface area contributed by atoms with E-state index in [1.54, 1.807) is 0 Å². The molecule has 2 heteroatoms. The molecule has 76 valence electrons. The average molecular weight is 184 g/mol. The van der Waals surface area contributed by atoms with Crippen LogP contribution in [-0.4, -0.2) is 11.1 Å². The lowest BCUT2D eigenvalue weighted by atomic mass is 9.60. The highest BCUT2D eigenvalue weighted by Crippen LogP contribution is 2.49. The minimum Gasteiger partial charge on any atom is -0.481 e. The quantitative estimate of drug-likeness (QED) is 0.680. The molecule has 0 aromatic carbocycles. The van der Waals surface area contributed by atoms with Crippen LogP contribution >= 0.6 is 0 Å². The molecule has 0 aliphatic heterocycles. The third kappa shape index (κ3) is 2.23. The normalized spacial score (nSPS) is 31.2. The van der Waals surface area contributed by atoms with E-state index in [1.165, 1.54) is 0 Å². The molecule has 1 saturated carbocycles. The highest BCUT2D eigenvalue weighted by molar-refractivity contribution is 5.71. The molecule has 0 bridgehead atoms. The molecule has 0 aromatic heterocycles. The molecular weight excluding hydrogens is 164 g/mol. The van der Waals surface area contributed by atoms with Gasteiger partial charge in [0.1, 0.15) is 0 Å². The first-order valence-electron chi connectivity index (χ1n) is 4.97. The Morgan fingerprint density at radius 1 is 1.31 bits per heavy atom. The Balaban J connectivity index is 2.79. The Bertz CT molecular complexity index is 216. The number of carboxylic acid groups (broad SMARTS) is 1. The van der Waals surface area contributed by atoms with Crippen LogP contribution in [0.3, 0.4) is 0 Å². The summed E-state index contributed by atoms with van der Waals surface area (Å²) < 4.78 is 0. The Morgan fingerprint density at radius 2 is 1.85 bits per heavy atom. The predicted octanol–water partition coefficient (Wildman–Crippen LogP) is 2.92. The van der Waals surface area contributed by atoms with Crippen molar-refractivity contribution in [2.45, 2.75) is 47.0 Å². The van der Waals surface area contributed by atoms with Crippen LogP contribution in [0, 0.1) is 16.7 Å². The standard InChI is InChI=1S/C11H20O2/c1-10(2)6-5-8(9(12)13)11(3,4)7-10/h8H,5-7H2,1-4H3,(H,12,13). The first-order chi connectivity index (χ1) is 5.75. The van der Waals surface area contributed by atoms with Crippen molar-refractivity contribution < 1.29 is 9.90 Å². The van der Waals surface area contributed by atoms with E-state index in [4.69, 9.17) is 5.11 Å². The van der Waals surface area contributed by atoms with E-state index in [-0.39, 0.29) is 11.3 Å². The molecule has 1 rings (SSSR count). The van der Waals surface area contributed by atoms with Gasteiger partial charge in [-0.05, 0) is 30.1 Å². The molecule has 0 heterocycles. The van der Waals surface area contributed by atoms with E-state index in [0.29, 0.717) is 5.41 Å². The smallest absolute Gasteiger partial charge is 0.307 e. The number of rotatable bonds is 1. The van der Waals surface area contributed by atoms with Crippen LogP contribution < -0.4 is 0 Å². The van der Waals surface area contributed by atoms with Gasteiger partial charge < -0.3 is 5.11 Å². The van der Waals surface area contributed by atoms with E-state index in [1.807, 2.05) is 0 Å². The summed E-state index contributed by atoms with van der Waals surface area (Å²) in [5, 5.41) is 9.04. The SMILES string of the molecule is CC1(C)CCC(C(=O)O)C(C)(C)C1. The molecule has 0 spiro atoms. The lowest BCUT2D eigenvalue weighted by molar-refractivity contribution is -0.149. The van der Waals surface area contributed by atoms with Gasteiger partial charge in [0.15, 0.2) is 0 Å². The molecule has 0 amide bonds. The number of hydrogen-bond donors (Lipinski definition) is 1. The summed E-state index contributed by atoms with van der Waals surface area (Å²) in [6.07, 6.45) is 2.87. The van der Waals surface area contributed by atoms with Crippen molar-refractivity contribution in [3.8, 4) is 0 Å². The Hall–Kier alpha value is -0.530. The maximum atomic E-state index is 11.0. The van der Waals surface area contributed by atoms with E-state index >= 15 is 0 Å². The second kappa shape index (κ2) is 3.00. The van der Waals surface area contributed by atoms with Crippen LogP contribution in [0.5, 0.6) is 0 Å². The first kappa shape index (κ1) is 10.6. The van der Waals surface area contributed by atoms with Gasteiger partial charge in [-0.3, -0.25) is 4.79 Å². The monoisotopic (exact) mass is 184 g/mol. The Kier molecular flexibility index (Phi) is 2.44. The topological polar surface area (TPSA) is 37.3 Å². The van der Waals surface area contributed by atoms with E-state index < -0.39 is 5.97 Å². The van der Waals surface area contributed by atoms with E-state index in [0.717, 1.165) is 19.3 Å². The third-order valence-electron chi connectivity index (χ3n) is 3.29. The van der Waals surface area contributed by atoms with Gasteiger partial charge >= 0.3 is 5.97 Å². The maximum Gasteiger partial charge on any atom is 0.307 e. The zero-order chi connectivity index (χ0) is 10.3. The second-order valence-corrected chi connectivity index (χ2v) is 5.76. The second-order valence-electron chi connectivity index (χ2n) is 5.76. The molecular formula is C11H20O2. The molecule has 1 unspecified atom stereocenters. The molecule has 1 N–H and O–H groups in total. The Morgan fingerprint density at radius 3 is 2.23 bits per heavy atom. The highest BCUT2D eigenvalue weighted by atomic mass is 16.4. The highest BCUT2D eigenvalue weighted by Gasteiger charge is 2.43. The summed E-state index contributed by atoms with van der Waals surface area (Å²) in [6.45, 7) is 8.61. The van der Waals surface area contributed by atoms with Gasteiger partial charge in [-0.1, -0.05) is 27.7 Å². The fourth-order valence-corrected chi connectivity index (χ4v) is 2.83. The summed E-state index contributed by atoms with van der Waals surface area (Å²) in [5.41, 5.74) is 0.267. The molecule has 1 aliphatic carbocycles. The van der Waals surface area contributed by atoms with Gasteiger partial charge in [-0.2, -0.15) is 0 Å². The van der Waals surface area contributed by atoms with Crippen LogP contribution in [0.4, 0.5) is 0 Å². The lowest BCUT2D eigenvalue weighted by Gasteiger charge is -2.44. The van der Waals surface area contributed by atoms with Crippen molar-refractivity contribution >= 4 is 5.97 Å². The number of carbonyl (C=O) groups is 1. The molecule has 1 aliphatic rings. The summed E-state index contributed by atoms with van der Waals surface area (Å²) >= 11 is 0. The van der Waals surface area contributed by atoms with Crippen molar-refractivity contribution in [3.63, 3.8) is 0 Å².